The highest BCUT2D eigenvalue weighted by atomic mass is 19.1. The van der Waals surface area contributed by atoms with Gasteiger partial charge in [0.1, 0.15) is 11.6 Å². The maximum Gasteiger partial charge on any atom is 0.255 e. The van der Waals surface area contributed by atoms with Crippen LogP contribution in [0.25, 0.3) is 0 Å². The van der Waals surface area contributed by atoms with Crippen LogP contribution in [0.2, 0.25) is 0 Å². The van der Waals surface area contributed by atoms with Crippen molar-refractivity contribution >= 4 is 5.91 Å². The van der Waals surface area contributed by atoms with E-state index in [0.29, 0.717) is 12.3 Å². The first-order valence-corrected chi connectivity index (χ1v) is 6.20. The monoisotopic (exact) mass is 269 g/mol. The van der Waals surface area contributed by atoms with Crippen LogP contribution in [0.5, 0.6) is 5.75 Å². The molecular weight excluding hydrogens is 249 g/mol. The Bertz CT molecular complexity index is 458. The summed E-state index contributed by atoms with van der Waals surface area (Å²) >= 11 is 0. The zero-order valence-corrected chi connectivity index (χ0v) is 11.4. The van der Waals surface area contributed by atoms with Gasteiger partial charge in [0.05, 0.1) is 11.2 Å². The number of hydrogen-bond donors (Lipinski definition) is 3. The minimum Gasteiger partial charge on any atom is -0.507 e. The van der Waals surface area contributed by atoms with Crippen LogP contribution in [0, 0.1) is 11.7 Å². The molecule has 0 saturated carbocycles. The lowest BCUT2D eigenvalue weighted by molar-refractivity contribution is 0.0368. The van der Waals surface area contributed by atoms with Gasteiger partial charge in [-0.25, -0.2) is 4.39 Å². The molecule has 1 rings (SSSR count). The van der Waals surface area contributed by atoms with Gasteiger partial charge in [0, 0.05) is 12.6 Å². The van der Waals surface area contributed by atoms with Gasteiger partial charge in [-0.3, -0.25) is 4.79 Å². The normalized spacial score (nSPS) is 14.2. The Labute approximate surface area is 112 Å². The lowest BCUT2D eigenvalue weighted by atomic mass is 9.94. The Morgan fingerprint density at radius 1 is 1.47 bits per heavy atom. The molecule has 0 bridgehead atoms. The fraction of sp³-hybridized carbons (Fsp3) is 0.500. The molecule has 3 N–H and O–H groups in total. The van der Waals surface area contributed by atoms with E-state index >= 15 is 0 Å². The van der Waals surface area contributed by atoms with Crippen molar-refractivity contribution < 1.29 is 19.4 Å². The molecule has 1 aromatic rings. The van der Waals surface area contributed by atoms with Gasteiger partial charge >= 0.3 is 0 Å². The van der Waals surface area contributed by atoms with Gasteiger partial charge in [-0.15, -0.1) is 0 Å². The van der Waals surface area contributed by atoms with Crippen molar-refractivity contribution in [2.45, 2.75) is 32.8 Å². The Balaban J connectivity index is 2.65. The summed E-state index contributed by atoms with van der Waals surface area (Å²) in [5, 5.41) is 22.1. The van der Waals surface area contributed by atoms with Gasteiger partial charge < -0.3 is 15.5 Å². The summed E-state index contributed by atoms with van der Waals surface area (Å²) in [5.41, 5.74) is -1.03. The summed E-state index contributed by atoms with van der Waals surface area (Å²) < 4.78 is 12.8. The molecule has 1 amide bonds. The fourth-order valence-electron chi connectivity index (χ4n) is 2.01. The number of nitrogens with one attached hydrogen (secondary N) is 1. The van der Waals surface area contributed by atoms with Gasteiger partial charge in [0.25, 0.3) is 5.91 Å². The number of carbonyl (C=O) groups is 1. The number of benzene rings is 1. The molecule has 1 aromatic carbocycles. The molecule has 0 radical (unpaired) electrons. The van der Waals surface area contributed by atoms with Gasteiger partial charge in [0.15, 0.2) is 0 Å². The van der Waals surface area contributed by atoms with Crippen molar-refractivity contribution in [2.24, 2.45) is 5.92 Å². The molecule has 0 fully saturated rings. The van der Waals surface area contributed by atoms with E-state index in [1.165, 1.54) is 6.07 Å². The molecule has 19 heavy (non-hydrogen) atoms. The lowest BCUT2D eigenvalue weighted by Gasteiger charge is -2.25. The number of halogens is 1. The second-order valence-corrected chi connectivity index (χ2v) is 5.44. The molecule has 0 aromatic heterocycles. The molecular formula is C14H20FNO3. The second kappa shape index (κ2) is 6.02. The van der Waals surface area contributed by atoms with Crippen LogP contribution in [-0.4, -0.2) is 28.3 Å². The average molecular weight is 269 g/mol. The highest BCUT2D eigenvalue weighted by molar-refractivity contribution is 5.96. The largest absolute Gasteiger partial charge is 0.507 e. The van der Waals surface area contributed by atoms with Crippen LogP contribution in [0.4, 0.5) is 4.39 Å². The third kappa shape index (κ3) is 4.87. The molecule has 0 aliphatic heterocycles. The van der Waals surface area contributed by atoms with E-state index in [-0.39, 0.29) is 12.1 Å². The van der Waals surface area contributed by atoms with Crippen LogP contribution >= 0.6 is 0 Å². The van der Waals surface area contributed by atoms with E-state index in [2.05, 4.69) is 5.32 Å². The van der Waals surface area contributed by atoms with Gasteiger partial charge in [-0.05, 0) is 31.4 Å². The number of aliphatic hydroxyl groups is 1. The van der Waals surface area contributed by atoms with Crippen molar-refractivity contribution in [1.29, 1.82) is 0 Å². The number of hydrogen-bond acceptors (Lipinski definition) is 3. The topological polar surface area (TPSA) is 69.6 Å². The quantitative estimate of drug-likeness (QED) is 0.766. The SMILES string of the molecule is CC(C)CC(C)(O)CNC(=O)c1ccc(F)cc1O. The number of rotatable bonds is 5. The van der Waals surface area contributed by atoms with Gasteiger partial charge in [-0.1, -0.05) is 13.8 Å². The minimum absolute atomic E-state index is 0.0123. The van der Waals surface area contributed by atoms with Crippen LogP contribution in [0.1, 0.15) is 37.6 Å². The first-order chi connectivity index (χ1) is 8.71. The molecule has 1 unspecified atom stereocenters. The van der Waals surface area contributed by atoms with Crippen molar-refractivity contribution in [1.82, 2.24) is 5.32 Å². The zero-order valence-electron chi connectivity index (χ0n) is 11.4. The van der Waals surface area contributed by atoms with Gasteiger partial charge in [0.2, 0.25) is 0 Å². The van der Waals surface area contributed by atoms with Crippen molar-refractivity contribution in [2.75, 3.05) is 6.54 Å². The molecule has 0 spiro atoms. The maximum atomic E-state index is 12.8. The molecule has 1 atom stereocenters. The van der Waals surface area contributed by atoms with Crippen molar-refractivity contribution in [3.63, 3.8) is 0 Å². The predicted molar refractivity (Wildman–Crippen MR) is 70.5 cm³/mol. The average Bonchev–Trinajstić information content (AvgIpc) is 2.24. The smallest absolute Gasteiger partial charge is 0.255 e. The summed E-state index contributed by atoms with van der Waals surface area (Å²) in [6.07, 6.45) is 0.544. The van der Waals surface area contributed by atoms with E-state index < -0.39 is 23.1 Å². The summed E-state index contributed by atoms with van der Waals surface area (Å²) in [7, 11) is 0. The number of phenols is 1. The number of amides is 1. The van der Waals surface area contributed by atoms with Crippen molar-refractivity contribution in [3.8, 4) is 5.75 Å². The number of phenolic OH excluding ortho intramolecular Hbond substituents is 1. The Morgan fingerprint density at radius 3 is 2.63 bits per heavy atom. The van der Waals surface area contributed by atoms with E-state index in [9.17, 15) is 19.4 Å². The standard InChI is InChI=1S/C14H20FNO3/c1-9(2)7-14(3,19)8-16-13(18)11-5-4-10(15)6-12(11)17/h4-6,9,17,19H,7-8H2,1-3H3,(H,16,18). The van der Waals surface area contributed by atoms with E-state index in [1.807, 2.05) is 13.8 Å². The molecule has 0 aliphatic rings. The number of aromatic hydroxyl groups is 1. The third-order valence-electron chi connectivity index (χ3n) is 2.68. The first-order valence-electron chi connectivity index (χ1n) is 6.20. The molecule has 4 nitrogen and oxygen atoms in total. The fourth-order valence-corrected chi connectivity index (χ4v) is 2.01. The van der Waals surface area contributed by atoms with Crippen LogP contribution in [0.15, 0.2) is 18.2 Å². The summed E-state index contributed by atoms with van der Waals surface area (Å²) in [6, 6.07) is 3.18. The Hall–Kier alpha value is -1.62. The van der Waals surface area contributed by atoms with Crippen molar-refractivity contribution in [3.05, 3.63) is 29.6 Å². The second-order valence-electron chi connectivity index (χ2n) is 5.44. The third-order valence-corrected chi connectivity index (χ3v) is 2.68. The van der Waals surface area contributed by atoms with Crippen LogP contribution in [-0.2, 0) is 0 Å². The summed E-state index contributed by atoms with van der Waals surface area (Å²) in [6.45, 7) is 5.66. The molecule has 0 saturated heterocycles. The summed E-state index contributed by atoms with van der Waals surface area (Å²) in [4.78, 5) is 11.8. The minimum atomic E-state index is -1.01. The van der Waals surface area contributed by atoms with Crippen LogP contribution in [0.3, 0.4) is 0 Å². The molecule has 0 aliphatic carbocycles. The van der Waals surface area contributed by atoms with E-state index in [1.54, 1.807) is 6.92 Å². The van der Waals surface area contributed by atoms with Gasteiger partial charge in [-0.2, -0.15) is 0 Å². The molecule has 0 heterocycles. The Morgan fingerprint density at radius 2 is 2.11 bits per heavy atom. The lowest BCUT2D eigenvalue weighted by Crippen LogP contribution is -2.41. The predicted octanol–water partition coefficient (Wildman–Crippen LogP) is 2.06. The Kier molecular flexibility index (Phi) is 4.89. The van der Waals surface area contributed by atoms with E-state index in [4.69, 9.17) is 0 Å². The number of carbonyl (C=O) groups excluding carboxylic acids is 1. The molecule has 106 valence electrons. The van der Waals surface area contributed by atoms with Crippen LogP contribution < -0.4 is 5.32 Å². The first kappa shape index (κ1) is 15.4. The highest BCUT2D eigenvalue weighted by Gasteiger charge is 2.23. The molecule has 5 heteroatoms. The zero-order chi connectivity index (χ0) is 14.6. The van der Waals surface area contributed by atoms with E-state index in [0.717, 1.165) is 12.1 Å². The summed E-state index contributed by atoms with van der Waals surface area (Å²) in [5.74, 6) is -1.27. The highest BCUT2D eigenvalue weighted by Crippen LogP contribution is 2.19. The maximum absolute atomic E-state index is 12.8.